The third kappa shape index (κ3) is 4.16. The van der Waals surface area contributed by atoms with Crippen LogP contribution in [-0.2, 0) is 9.53 Å². The van der Waals surface area contributed by atoms with Crippen molar-refractivity contribution in [2.45, 2.75) is 32.0 Å². The maximum absolute atomic E-state index is 12.4. The van der Waals surface area contributed by atoms with Crippen molar-refractivity contribution in [3.63, 3.8) is 0 Å². The fourth-order valence-electron chi connectivity index (χ4n) is 2.67. The zero-order chi connectivity index (χ0) is 16.4. The number of halogens is 2. The van der Waals surface area contributed by atoms with E-state index in [9.17, 15) is 4.79 Å². The van der Waals surface area contributed by atoms with Gasteiger partial charge in [-0.25, -0.2) is 4.68 Å². The van der Waals surface area contributed by atoms with Gasteiger partial charge in [-0.1, -0.05) is 22.0 Å². The molecular weight excluding hydrogens is 396 g/mol. The predicted octanol–water partition coefficient (Wildman–Crippen LogP) is 2.81. The van der Waals surface area contributed by atoms with E-state index in [2.05, 4.69) is 26.3 Å². The molecule has 0 spiro atoms. The van der Waals surface area contributed by atoms with Crippen LogP contribution < -0.4 is 11.1 Å². The standard InChI is InChI=1S/C16H19BrN4O2.ClH/c1-10-7-15(19-16(22)14-6-5-13(9-18)23-14)21(20-10)12-4-2-3-11(17)8-12;/h2-4,7-8,13-14H,5-6,9,18H2,1H3,(H,19,22);1H/t13-,14+;/m1./s1. The number of carbonyl (C=O) groups excluding carboxylic acids is 1. The topological polar surface area (TPSA) is 82.2 Å². The van der Waals surface area contributed by atoms with Crippen LogP contribution in [0.5, 0.6) is 0 Å². The number of aryl methyl sites for hydroxylation is 1. The normalized spacial score (nSPS) is 19.8. The van der Waals surface area contributed by atoms with Crippen LogP contribution in [0.1, 0.15) is 18.5 Å². The van der Waals surface area contributed by atoms with E-state index in [1.807, 2.05) is 37.3 Å². The molecule has 0 saturated carbocycles. The highest BCUT2D eigenvalue weighted by Gasteiger charge is 2.30. The highest BCUT2D eigenvalue weighted by atomic mass is 79.9. The summed E-state index contributed by atoms with van der Waals surface area (Å²) in [6, 6.07) is 9.58. The first-order valence-electron chi connectivity index (χ1n) is 7.56. The Morgan fingerprint density at radius 3 is 2.92 bits per heavy atom. The van der Waals surface area contributed by atoms with Crippen molar-refractivity contribution >= 4 is 40.1 Å². The molecule has 1 amide bonds. The first kappa shape index (κ1) is 18.9. The van der Waals surface area contributed by atoms with Crippen molar-refractivity contribution in [2.75, 3.05) is 11.9 Å². The van der Waals surface area contributed by atoms with Crippen LogP contribution in [0.15, 0.2) is 34.8 Å². The van der Waals surface area contributed by atoms with E-state index in [4.69, 9.17) is 10.5 Å². The number of amides is 1. The molecule has 1 saturated heterocycles. The molecule has 2 atom stereocenters. The van der Waals surface area contributed by atoms with Gasteiger partial charge in [-0.2, -0.15) is 5.10 Å². The summed E-state index contributed by atoms with van der Waals surface area (Å²) in [5, 5.41) is 7.37. The third-order valence-corrected chi connectivity index (χ3v) is 4.29. The van der Waals surface area contributed by atoms with Crippen molar-refractivity contribution in [2.24, 2.45) is 5.73 Å². The Morgan fingerprint density at radius 2 is 2.25 bits per heavy atom. The number of anilines is 1. The number of aromatic nitrogens is 2. The lowest BCUT2D eigenvalue weighted by Crippen LogP contribution is -2.30. The van der Waals surface area contributed by atoms with Gasteiger partial charge >= 0.3 is 0 Å². The van der Waals surface area contributed by atoms with Gasteiger partial charge in [0.25, 0.3) is 5.91 Å². The Hall–Kier alpha value is -1.41. The molecule has 3 N–H and O–H groups in total. The van der Waals surface area contributed by atoms with Gasteiger partial charge in [0.2, 0.25) is 0 Å². The number of nitrogens with one attached hydrogen (secondary N) is 1. The van der Waals surface area contributed by atoms with E-state index >= 15 is 0 Å². The number of nitrogens with zero attached hydrogens (tertiary/aromatic N) is 2. The summed E-state index contributed by atoms with van der Waals surface area (Å²) in [5.74, 6) is 0.475. The molecule has 8 heteroatoms. The Labute approximate surface area is 155 Å². The molecule has 6 nitrogen and oxygen atoms in total. The maximum Gasteiger partial charge on any atom is 0.254 e. The summed E-state index contributed by atoms with van der Waals surface area (Å²) in [6.45, 7) is 2.33. The van der Waals surface area contributed by atoms with Crippen molar-refractivity contribution < 1.29 is 9.53 Å². The maximum atomic E-state index is 12.4. The molecule has 0 radical (unpaired) electrons. The van der Waals surface area contributed by atoms with Gasteiger partial charge in [-0.05, 0) is 38.0 Å². The predicted molar refractivity (Wildman–Crippen MR) is 98.8 cm³/mol. The number of ether oxygens (including phenoxy) is 1. The molecule has 24 heavy (non-hydrogen) atoms. The van der Waals surface area contributed by atoms with Crippen LogP contribution in [0.3, 0.4) is 0 Å². The zero-order valence-corrected chi connectivity index (χ0v) is 15.6. The fraction of sp³-hybridized carbons (Fsp3) is 0.375. The molecule has 1 fully saturated rings. The van der Waals surface area contributed by atoms with Crippen LogP contribution in [0, 0.1) is 6.92 Å². The molecule has 1 aliphatic heterocycles. The number of rotatable bonds is 4. The van der Waals surface area contributed by atoms with Gasteiger partial charge in [-0.3, -0.25) is 4.79 Å². The lowest BCUT2D eigenvalue weighted by atomic mass is 10.2. The number of hydrogen-bond donors (Lipinski definition) is 2. The molecular formula is C16H20BrClN4O2. The molecule has 3 rings (SSSR count). The van der Waals surface area contributed by atoms with E-state index < -0.39 is 6.10 Å². The Balaban J connectivity index is 0.00000208. The minimum absolute atomic E-state index is 0. The van der Waals surface area contributed by atoms with E-state index in [1.165, 1.54) is 0 Å². The molecule has 0 unspecified atom stereocenters. The molecule has 2 heterocycles. The second kappa shape index (κ2) is 8.11. The van der Waals surface area contributed by atoms with E-state index in [0.717, 1.165) is 22.3 Å². The molecule has 1 aliphatic rings. The van der Waals surface area contributed by atoms with Crippen LogP contribution >= 0.6 is 28.3 Å². The fourth-order valence-corrected chi connectivity index (χ4v) is 3.06. The van der Waals surface area contributed by atoms with Gasteiger partial charge in [0, 0.05) is 17.1 Å². The smallest absolute Gasteiger partial charge is 0.254 e. The van der Waals surface area contributed by atoms with Gasteiger partial charge in [0.1, 0.15) is 11.9 Å². The Morgan fingerprint density at radius 1 is 1.46 bits per heavy atom. The van der Waals surface area contributed by atoms with Gasteiger partial charge in [0.15, 0.2) is 0 Å². The summed E-state index contributed by atoms with van der Waals surface area (Å²) in [7, 11) is 0. The van der Waals surface area contributed by atoms with Crippen molar-refractivity contribution in [1.29, 1.82) is 0 Å². The Kier molecular flexibility index (Phi) is 6.40. The Bertz CT molecular complexity index is 722. The van der Waals surface area contributed by atoms with E-state index in [1.54, 1.807) is 4.68 Å². The summed E-state index contributed by atoms with van der Waals surface area (Å²) < 4.78 is 8.31. The molecule has 1 aromatic heterocycles. The summed E-state index contributed by atoms with van der Waals surface area (Å²) in [4.78, 5) is 12.4. The quantitative estimate of drug-likeness (QED) is 0.804. The SMILES string of the molecule is Cc1cc(NC(=O)[C@@H]2CC[C@H](CN)O2)n(-c2cccc(Br)c2)n1.Cl. The van der Waals surface area contributed by atoms with Crippen molar-refractivity contribution in [1.82, 2.24) is 9.78 Å². The molecule has 2 aromatic rings. The van der Waals surface area contributed by atoms with Crippen molar-refractivity contribution in [3.05, 3.63) is 40.5 Å². The molecule has 1 aromatic carbocycles. The van der Waals surface area contributed by atoms with E-state index in [0.29, 0.717) is 18.8 Å². The molecule has 0 aliphatic carbocycles. The number of nitrogens with two attached hydrogens (primary N) is 1. The molecule has 0 bridgehead atoms. The first-order valence-corrected chi connectivity index (χ1v) is 8.35. The minimum Gasteiger partial charge on any atom is -0.364 e. The zero-order valence-electron chi connectivity index (χ0n) is 13.2. The van der Waals surface area contributed by atoms with E-state index in [-0.39, 0.29) is 24.4 Å². The van der Waals surface area contributed by atoms with Crippen LogP contribution in [0.2, 0.25) is 0 Å². The van der Waals surface area contributed by atoms with Crippen molar-refractivity contribution in [3.8, 4) is 5.69 Å². The lowest BCUT2D eigenvalue weighted by Gasteiger charge is -2.14. The number of hydrogen-bond acceptors (Lipinski definition) is 4. The average Bonchev–Trinajstić information content (AvgIpc) is 3.14. The monoisotopic (exact) mass is 414 g/mol. The number of benzene rings is 1. The van der Waals surface area contributed by atoms with Gasteiger partial charge in [-0.15, -0.1) is 12.4 Å². The minimum atomic E-state index is -0.449. The largest absolute Gasteiger partial charge is 0.364 e. The van der Waals surface area contributed by atoms with Crippen LogP contribution in [0.4, 0.5) is 5.82 Å². The second-order valence-electron chi connectivity index (χ2n) is 5.61. The number of carbonyl (C=O) groups is 1. The highest BCUT2D eigenvalue weighted by molar-refractivity contribution is 9.10. The van der Waals surface area contributed by atoms with Crippen LogP contribution in [0.25, 0.3) is 5.69 Å². The summed E-state index contributed by atoms with van der Waals surface area (Å²) >= 11 is 3.45. The second-order valence-corrected chi connectivity index (χ2v) is 6.53. The van der Waals surface area contributed by atoms with Crippen LogP contribution in [-0.4, -0.2) is 34.4 Å². The third-order valence-electron chi connectivity index (χ3n) is 3.80. The average molecular weight is 416 g/mol. The summed E-state index contributed by atoms with van der Waals surface area (Å²) in [5.41, 5.74) is 7.29. The summed E-state index contributed by atoms with van der Waals surface area (Å²) in [6.07, 6.45) is 1.04. The van der Waals surface area contributed by atoms with Gasteiger partial charge in [0.05, 0.1) is 17.5 Å². The van der Waals surface area contributed by atoms with Gasteiger partial charge < -0.3 is 15.8 Å². The first-order chi connectivity index (χ1) is 11.1. The molecule has 130 valence electrons. The highest BCUT2D eigenvalue weighted by Crippen LogP contribution is 2.23. The lowest BCUT2D eigenvalue weighted by molar-refractivity contribution is -0.126.